The first-order chi connectivity index (χ1) is 16.7. The lowest BCUT2D eigenvalue weighted by atomic mass is 10.1. The standard InChI is InChI=1S/C25H22FN5O3/c26-20-3-1-2-18(13-20)24-28-25(34-29-24)19-5-7-23(27-14-19)31-10-8-30(9-11-31)15-17-4-6-21-22(12-17)33-16-32-21/h1-7,12-14H,8-11,15-16H2. The number of halogens is 1. The van der Waals surface area contributed by atoms with Crippen LogP contribution in [-0.2, 0) is 6.54 Å². The highest BCUT2D eigenvalue weighted by Gasteiger charge is 2.20. The highest BCUT2D eigenvalue weighted by atomic mass is 19.1. The molecule has 2 aliphatic heterocycles. The molecule has 0 aliphatic carbocycles. The summed E-state index contributed by atoms with van der Waals surface area (Å²) in [6.45, 7) is 4.84. The van der Waals surface area contributed by atoms with Crippen LogP contribution in [-0.4, -0.2) is 53.0 Å². The van der Waals surface area contributed by atoms with Crippen molar-refractivity contribution in [2.45, 2.75) is 6.54 Å². The molecule has 0 unspecified atom stereocenters. The molecule has 8 nitrogen and oxygen atoms in total. The maximum absolute atomic E-state index is 13.5. The maximum Gasteiger partial charge on any atom is 0.259 e. The van der Waals surface area contributed by atoms with Gasteiger partial charge in [0.15, 0.2) is 11.5 Å². The average Bonchev–Trinajstić information content (AvgIpc) is 3.55. The molecule has 0 N–H and O–H groups in total. The number of rotatable bonds is 5. The van der Waals surface area contributed by atoms with E-state index < -0.39 is 0 Å². The topological polar surface area (TPSA) is 76.8 Å². The fourth-order valence-electron chi connectivity index (χ4n) is 4.22. The minimum absolute atomic E-state index is 0.296. The highest BCUT2D eigenvalue weighted by molar-refractivity contribution is 5.60. The van der Waals surface area contributed by atoms with Crippen LogP contribution < -0.4 is 14.4 Å². The van der Waals surface area contributed by atoms with Crippen LogP contribution in [0.25, 0.3) is 22.8 Å². The average molecular weight is 459 g/mol. The SMILES string of the molecule is Fc1cccc(-c2noc(-c3ccc(N4CCN(Cc5ccc6c(c5)OCO6)CC4)nc3)n2)c1. The lowest BCUT2D eigenvalue weighted by Gasteiger charge is -2.35. The van der Waals surface area contributed by atoms with Gasteiger partial charge in [0.2, 0.25) is 12.6 Å². The number of hydrogen-bond donors (Lipinski definition) is 0. The Kier molecular flexibility index (Phi) is 5.31. The molecule has 0 atom stereocenters. The highest BCUT2D eigenvalue weighted by Crippen LogP contribution is 2.33. The van der Waals surface area contributed by atoms with Gasteiger partial charge in [-0.1, -0.05) is 23.4 Å². The van der Waals surface area contributed by atoms with Gasteiger partial charge < -0.3 is 18.9 Å². The number of anilines is 1. The third-order valence-corrected chi connectivity index (χ3v) is 6.04. The van der Waals surface area contributed by atoms with E-state index in [1.807, 2.05) is 18.2 Å². The Morgan fingerprint density at radius 3 is 2.59 bits per heavy atom. The smallest absolute Gasteiger partial charge is 0.259 e. The molecule has 0 saturated carbocycles. The molecule has 2 aromatic carbocycles. The van der Waals surface area contributed by atoms with E-state index in [1.54, 1.807) is 18.3 Å². The Morgan fingerprint density at radius 2 is 1.76 bits per heavy atom. The van der Waals surface area contributed by atoms with E-state index in [0.29, 0.717) is 24.1 Å². The van der Waals surface area contributed by atoms with Gasteiger partial charge in [-0.15, -0.1) is 0 Å². The quantitative estimate of drug-likeness (QED) is 0.444. The third kappa shape index (κ3) is 4.17. The lowest BCUT2D eigenvalue weighted by Crippen LogP contribution is -2.46. The van der Waals surface area contributed by atoms with E-state index in [4.69, 9.17) is 14.0 Å². The number of piperazine rings is 1. The zero-order valence-electron chi connectivity index (χ0n) is 18.4. The van der Waals surface area contributed by atoms with Crippen LogP contribution in [0.5, 0.6) is 11.5 Å². The zero-order valence-corrected chi connectivity index (χ0v) is 18.4. The first-order valence-corrected chi connectivity index (χ1v) is 11.1. The molecule has 1 fully saturated rings. The van der Waals surface area contributed by atoms with Gasteiger partial charge in [0.05, 0.1) is 5.56 Å². The summed E-state index contributed by atoms with van der Waals surface area (Å²) in [5.74, 6) is 2.91. The number of fused-ring (bicyclic) bond motifs is 1. The van der Waals surface area contributed by atoms with E-state index in [-0.39, 0.29) is 5.82 Å². The molecule has 6 rings (SSSR count). The molecule has 9 heteroatoms. The van der Waals surface area contributed by atoms with Crippen molar-refractivity contribution >= 4 is 5.82 Å². The number of ether oxygens (including phenoxy) is 2. The predicted octanol–water partition coefficient (Wildman–Crippen LogP) is 3.99. The van der Waals surface area contributed by atoms with Gasteiger partial charge in [0.1, 0.15) is 11.6 Å². The van der Waals surface area contributed by atoms with Crippen molar-refractivity contribution in [1.29, 1.82) is 0 Å². The minimum Gasteiger partial charge on any atom is -0.454 e. The predicted molar refractivity (Wildman–Crippen MR) is 123 cm³/mol. The number of benzene rings is 2. The van der Waals surface area contributed by atoms with E-state index in [0.717, 1.165) is 55.6 Å². The van der Waals surface area contributed by atoms with Crippen molar-refractivity contribution in [2.75, 3.05) is 37.9 Å². The van der Waals surface area contributed by atoms with E-state index in [2.05, 4.69) is 37.1 Å². The van der Waals surface area contributed by atoms with Crippen molar-refractivity contribution < 1.29 is 18.4 Å². The molecule has 2 aliphatic rings. The maximum atomic E-state index is 13.5. The van der Waals surface area contributed by atoms with Crippen LogP contribution >= 0.6 is 0 Å². The first kappa shape index (κ1) is 20.6. The molecule has 0 amide bonds. The van der Waals surface area contributed by atoms with Crippen molar-refractivity contribution in [3.05, 3.63) is 72.2 Å². The second kappa shape index (κ2) is 8.75. The summed E-state index contributed by atoms with van der Waals surface area (Å²) in [6, 6.07) is 16.1. The monoisotopic (exact) mass is 459 g/mol. The molecular weight excluding hydrogens is 437 g/mol. The summed E-state index contributed by atoms with van der Waals surface area (Å²) >= 11 is 0. The molecular formula is C25H22FN5O3. The fraction of sp³-hybridized carbons (Fsp3) is 0.240. The van der Waals surface area contributed by atoms with Gasteiger partial charge in [-0.3, -0.25) is 4.90 Å². The van der Waals surface area contributed by atoms with Crippen LogP contribution in [0.2, 0.25) is 0 Å². The second-order valence-corrected chi connectivity index (χ2v) is 8.29. The number of nitrogens with zero attached hydrogens (tertiary/aromatic N) is 5. The van der Waals surface area contributed by atoms with Crippen LogP contribution in [0.15, 0.2) is 65.3 Å². The van der Waals surface area contributed by atoms with Gasteiger partial charge in [-0.05, 0) is 42.0 Å². The second-order valence-electron chi connectivity index (χ2n) is 8.29. The number of aromatic nitrogens is 3. The van der Waals surface area contributed by atoms with Gasteiger partial charge in [0, 0.05) is 44.5 Å². The normalized spacial score (nSPS) is 15.6. The zero-order chi connectivity index (χ0) is 22.9. The molecule has 172 valence electrons. The summed E-state index contributed by atoms with van der Waals surface area (Å²) < 4.78 is 29.7. The Balaban J connectivity index is 1.07. The van der Waals surface area contributed by atoms with Crippen LogP contribution in [0.4, 0.5) is 10.2 Å². The van der Waals surface area contributed by atoms with Gasteiger partial charge >= 0.3 is 0 Å². The van der Waals surface area contributed by atoms with Crippen LogP contribution in [0.3, 0.4) is 0 Å². The van der Waals surface area contributed by atoms with Gasteiger partial charge in [-0.2, -0.15) is 4.98 Å². The Hall–Kier alpha value is -3.98. The van der Waals surface area contributed by atoms with Gasteiger partial charge in [0.25, 0.3) is 5.89 Å². The Bertz CT molecular complexity index is 1300. The summed E-state index contributed by atoms with van der Waals surface area (Å²) in [5, 5.41) is 3.97. The number of pyridine rings is 1. The van der Waals surface area contributed by atoms with Crippen molar-refractivity contribution in [3.8, 4) is 34.3 Å². The molecule has 0 bridgehead atoms. The summed E-state index contributed by atoms with van der Waals surface area (Å²) in [5.41, 5.74) is 2.51. The Morgan fingerprint density at radius 1 is 0.882 bits per heavy atom. The first-order valence-electron chi connectivity index (χ1n) is 11.1. The molecule has 4 heterocycles. The molecule has 0 radical (unpaired) electrons. The summed E-state index contributed by atoms with van der Waals surface area (Å²) in [4.78, 5) is 13.7. The Labute approximate surface area is 195 Å². The van der Waals surface area contributed by atoms with E-state index in [1.165, 1.54) is 17.7 Å². The van der Waals surface area contributed by atoms with Crippen molar-refractivity contribution in [3.63, 3.8) is 0 Å². The largest absolute Gasteiger partial charge is 0.454 e. The summed E-state index contributed by atoms with van der Waals surface area (Å²) in [6.07, 6.45) is 1.73. The molecule has 4 aromatic rings. The van der Waals surface area contributed by atoms with E-state index >= 15 is 0 Å². The van der Waals surface area contributed by atoms with E-state index in [9.17, 15) is 4.39 Å². The number of hydrogen-bond acceptors (Lipinski definition) is 8. The lowest BCUT2D eigenvalue weighted by molar-refractivity contribution is 0.174. The third-order valence-electron chi connectivity index (χ3n) is 6.04. The summed E-state index contributed by atoms with van der Waals surface area (Å²) in [7, 11) is 0. The fourth-order valence-corrected chi connectivity index (χ4v) is 4.22. The van der Waals surface area contributed by atoms with Gasteiger partial charge in [-0.25, -0.2) is 9.37 Å². The molecule has 2 aromatic heterocycles. The van der Waals surface area contributed by atoms with Crippen molar-refractivity contribution in [2.24, 2.45) is 0 Å². The molecule has 0 spiro atoms. The van der Waals surface area contributed by atoms with Crippen LogP contribution in [0, 0.1) is 5.82 Å². The molecule has 34 heavy (non-hydrogen) atoms. The van der Waals surface area contributed by atoms with Crippen molar-refractivity contribution in [1.82, 2.24) is 20.0 Å². The molecule has 1 saturated heterocycles. The van der Waals surface area contributed by atoms with Crippen LogP contribution in [0.1, 0.15) is 5.56 Å². The minimum atomic E-state index is -0.342.